The number of fused-ring (bicyclic) bond motifs is 3. The van der Waals surface area contributed by atoms with Crippen LogP contribution in [0, 0.1) is 5.92 Å². The molecule has 0 aliphatic carbocycles. The van der Waals surface area contributed by atoms with E-state index in [0.29, 0.717) is 12.0 Å². The van der Waals surface area contributed by atoms with Crippen molar-refractivity contribution in [3.05, 3.63) is 35.7 Å². The van der Waals surface area contributed by atoms with Crippen LogP contribution in [0.5, 0.6) is 5.75 Å². The first-order chi connectivity index (χ1) is 10.7. The van der Waals surface area contributed by atoms with Crippen LogP contribution in [-0.4, -0.2) is 43.6 Å². The van der Waals surface area contributed by atoms with Crippen molar-refractivity contribution in [1.82, 2.24) is 10.2 Å². The van der Waals surface area contributed by atoms with E-state index in [9.17, 15) is 4.79 Å². The van der Waals surface area contributed by atoms with E-state index in [-0.39, 0.29) is 5.91 Å². The first kappa shape index (κ1) is 15.4. The fourth-order valence-corrected chi connectivity index (χ4v) is 3.83. The predicted octanol–water partition coefficient (Wildman–Crippen LogP) is 2.51. The molecule has 3 fully saturated rings. The Hall–Kier alpha value is -1.46. The molecule has 3 heterocycles. The van der Waals surface area contributed by atoms with Gasteiger partial charge in [-0.1, -0.05) is 11.8 Å². The third-order valence-electron chi connectivity index (χ3n) is 4.47. The van der Waals surface area contributed by atoms with Gasteiger partial charge in [-0.2, -0.15) is 0 Å². The zero-order chi connectivity index (χ0) is 15.4. The molecule has 3 aliphatic heterocycles. The van der Waals surface area contributed by atoms with Crippen molar-refractivity contribution >= 4 is 17.7 Å². The van der Waals surface area contributed by atoms with Crippen LogP contribution in [0.2, 0.25) is 0 Å². The SMILES string of the molecule is COc1ccc(SC=CC(=O)N[C@H]2CN3CCC2CC3)cc1. The van der Waals surface area contributed by atoms with Gasteiger partial charge in [0.1, 0.15) is 5.75 Å². The zero-order valence-electron chi connectivity index (χ0n) is 12.8. The van der Waals surface area contributed by atoms with E-state index in [1.165, 1.54) is 37.7 Å². The Morgan fingerprint density at radius 2 is 2.05 bits per heavy atom. The summed E-state index contributed by atoms with van der Waals surface area (Å²) in [7, 11) is 1.65. The van der Waals surface area contributed by atoms with Crippen molar-refractivity contribution in [1.29, 1.82) is 0 Å². The summed E-state index contributed by atoms with van der Waals surface area (Å²) in [4.78, 5) is 15.6. The number of hydrogen-bond acceptors (Lipinski definition) is 4. The van der Waals surface area contributed by atoms with E-state index >= 15 is 0 Å². The Bertz CT molecular complexity index is 536. The van der Waals surface area contributed by atoms with Gasteiger partial charge < -0.3 is 15.0 Å². The van der Waals surface area contributed by atoms with Crippen LogP contribution in [0.1, 0.15) is 12.8 Å². The number of thioether (sulfide) groups is 1. The minimum Gasteiger partial charge on any atom is -0.497 e. The van der Waals surface area contributed by atoms with Crippen molar-refractivity contribution in [2.24, 2.45) is 5.92 Å². The maximum atomic E-state index is 12.0. The molecule has 4 nitrogen and oxygen atoms in total. The van der Waals surface area contributed by atoms with Crippen LogP contribution in [-0.2, 0) is 4.79 Å². The number of rotatable bonds is 5. The number of ether oxygens (including phenoxy) is 1. The highest BCUT2D eigenvalue weighted by molar-refractivity contribution is 8.02. The smallest absolute Gasteiger partial charge is 0.244 e. The lowest BCUT2D eigenvalue weighted by molar-refractivity contribution is -0.118. The minimum absolute atomic E-state index is 0.0137. The molecule has 0 saturated carbocycles. The summed E-state index contributed by atoms with van der Waals surface area (Å²) in [6.45, 7) is 3.40. The van der Waals surface area contributed by atoms with E-state index in [1.807, 2.05) is 29.7 Å². The topological polar surface area (TPSA) is 41.6 Å². The van der Waals surface area contributed by atoms with Crippen molar-refractivity contribution in [3.8, 4) is 5.75 Å². The molecule has 0 aromatic heterocycles. The molecule has 1 N–H and O–H groups in total. The maximum absolute atomic E-state index is 12.0. The third-order valence-corrected chi connectivity index (χ3v) is 5.28. The van der Waals surface area contributed by atoms with Gasteiger partial charge in [0, 0.05) is 23.6 Å². The Morgan fingerprint density at radius 1 is 1.32 bits per heavy atom. The van der Waals surface area contributed by atoms with E-state index in [1.54, 1.807) is 13.2 Å². The highest BCUT2D eigenvalue weighted by atomic mass is 32.2. The Labute approximate surface area is 135 Å². The molecule has 2 bridgehead atoms. The van der Waals surface area contributed by atoms with Gasteiger partial charge in [-0.05, 0) is 61.5 Å². The van der Waals surface area contributed by atoms with Crippen molar-refractivity contribution in [2.75, 3.05) is 26.7 Å². The second kappa shape index (κ2) is 7.20. The summed E-state index contributed by atoms with van der Waals surface area (Å²) in [5.41, 5.74) is 0. The second-order valence-electron chi connectivity index (χ2n) is 5.85. The van der Waals surface area contributed by atoms with Crippen LogP contribution >= 0.6 is 11.8 Å². The molecule has 4 rings (SSSR count). The molecule has 1 amide bonds. The van der Waals surface area contributed by atoms with Crippen LogP contribution in [0.25, 0.3) is 0 Å². The summed E-state index contributed by atoms with van der Waals surface area (Å²) in [5.74, 6) is 1.52. The van der Waals surface area contributed by atoms with Crippen LogP contribution in [0.3, 0.4) is 0 Å². The first-order valence-corrected chi connectivity index (χ1v) is 8.62. The fourth-order valence-electron chi connectivity index (χ4n) is 3.19. The number of amides is 1. The number of nitrogens with zero attached hydrogens (tertiary/aromatic N) is 1. The fraction of sp³-hybridized carbons (Fsp3) is 0.471. The molecular weight excluding hydrogens is 296 g/mol. The van der Waals surface area contributed by atoms with Gasteiger partial charge in [-0.15, -0.1) is 0 Å². The lowest BCUT2D eigenvalue weighted by Gasteiger charge is -2.44. The lowest BCUT2D eigenvalue weighted by Crippen LogP contribution is -2.57. The Balaban J connectivity index is 1.46. The highest BCUT2D eigenvalue weighted by Gasteiger charge is 2.34. The minimum atomic E-state index is 0.0137. The van der Waals surface area contributed by atoms with Gasteiger partial charge in [0.25, 0.3) is 0 Å². The van der Waals surface area contributed by atoms with Gasteiger partial charge in [0.15, 0.2) is 0 Å². The third kappa shape index (κ3) is 3.84. The molecule has 5 heteroatoms. The van der Waals surface area contributed by atoms with Gasteiger partial charge in [0.2, 0.25) is 5.91 Å². The van der Waals surface area contributed by atoms with Gasteiger partial charge in [-0.25, -0.2) is 0 Å². The molecule has 1 atom stereocenters. The molecule has 22 heavy (non-hydrogen) atoms. The van der Waals surface area contributed by atoms with Gasteiger partial charge >= 0.3 is 0 Å². The van der Waals surface area contributed by atoms with Crippen LogP contribution in [0.4, 0.5) is 0 Å². The Kier molecular flexibility index (Phi) is 5.05. The standard InChI is InChI=1S/C17H22N2O2S/c1-21-14-2-4-15(5-3-14)22-11-8-17(20)18-16-12-19-9-6-13(16)7-10-19/h2-5,8,11,13,16H,6-7,9-10,12H2,1H3,(H,18,20)/t16-/m0/s1. The molecule has 3 saturated heterocycles. The molecule has 0 spiro atoms. The molecule has 118 valence electrons. The zero-order valence-corrected chi connectivity index (χ0v) is 13.6. The molecule has 1 aromatic rings. The normalized spacial score (nSPS) is 27.0. The van der Waals surface area contributed by atoms with E-state index in [4.69, 9.17) is 4.74 Å². The summed E-state index contributed by atoms with van der Waals surface area (Å²) < 4.78 is 5.13. The summed E-state index contributed by atoms with van der Waals surface area (Å²) in [6.07, 6.45) is 4.07. The van der Waals surface area contributed by atoms with E-state index in [2.05, 4.69) is 10.2 Å². The highest BCUT2D eigenvalue weighted by Crippen LogP contribution is 2.27. The summed E-state index contributed by atoms with van der Waals surface area (Å²) >= 11 is 1.54. The predicted molar refractivity (Wildman–Crippen MR) is 89.1 cm³/mol. The molecule has 0 radical (unpaired) electrons. The molecule has 1 aromatic carbocycles. The monoisotopic (exact) mass is 318 g/mol. The molecule has 3 aliphatic rings. The first-order valence-electron chi connectivity index (χ1n) is 7.75. The average molecular weight is 318 g/mol. The number of carbonyl (C=O) groups is 1. The Morgan fingerprint density at radius 3 is 2.64 bits per heavy atom. The quantitative estimate of drug-likeness (QED) is 0.669. The second-order valence-corrected chi connectivity index (χ2v) is 6.83. The maximum Gasteiger partial charge on any atom is 0.244 e. The van der Waals surface area contributed by atoms with Crippen molar-refractivity contribution < 1.29 is 9.53 Å². The van der Waals surface area contributed by atoms with Crippen molar-refractivity contribution in [3.63, 3.8) is 0 Å². The molecular formula is C17H22N2O2S. The number of piperidine rings is 3. The van der Waals surface area contributed by atoms with Gasteiger partial charge in [-0.3, -0.25) is 4.79 Å². The summed E-state index contributed by atoms with van der Waals surface area (Å²) in [5, 5.41) is 5.00. The van der Waals surface area contributed by atoms with Crippen molar-refractivity contribution in [2.45, 2.75) is 23.8 Å². The van der Waals surface area contributed by atoms with E-state index < -0.39 is 0 Å². The number of nitrogens with one attached hydrogen (secondary N) is 1. The van der Waals surface area contributed by atoms with Gasteiger partial charge in [0.05, 0.1) is 7.11 Å². The van der Waals surface area contributed by atoms with Crippen LogP contribution in [0.15, 0.2) is 40.6 Å². The largest absolute Gasteiger partial charge is 0.497 e. The molecule has 0 unspecified atom stereocenters. The summed E-state index contributed by atoms with van der Waals surface area (Å²) in [6, 6.07) is 8.14. The lowest BCUT2D eigenvalue weighted by atomic mass is 9.84. The number of carbonyl (C=O) groups excluding carboxylic acids is 1. The van der Waals surface area contributed by atoms with E-state index in [0.717, 1.165) is 17.2 Å². The number of benzene rings is 1. The van der Waals surface area contributed by atoms with Crippen LogP contribution < -0.4 is 10.1 Å². The number of methoxy groups -OCH3 is 1. The number of hydrogen-bond donors (Lipinski definition) is 1. The average Bonchev–Trinajstić information content (AvgIpc) is 2.56.